The van der Waals surface area contributed by atoms with Gasteiger partial charge >= 0.3 is 0 Å². The van der Waals surface area contributed by atoms with Gasteiger partial charge in [0, 0.05) is 25.5 Å². The average molecular weight is 417 g/mol. The molecule has 3 aromatic rings. The molecule has 1 aromatic carbocycles. The van der Waals surface area contributed by atoms with E-state index in [2.05, 4.69) is 20.2 Å². The summed E-state index contributed by atoms with van der Waals surface area (Å²) in [6.45, 7) is 5.44. The van der Waals surface area contributed by atoms with Crippen LogP contribution >= 0.6 is 0 Å². The van der Waals surface area contributed by atoms with Gasteiger partial charge in [0.05, 0.1) is 12.4 Å². The van der Waals surface area contributed by atoms with E-state index in [1.54, 1.807) is 12.5 Å². The highest BCUT2D eigenvalue weighted by Gasteiger charge is 2.28. The molecule has 9 nitrogen and oxygen atoms in total. The van der Waals surface area contributed by atoms with Gasteiger partial charge in [0.25, 0.3) is 0 Å². The number of amides is 1. The minimum Gasteiger partial charge on any atom is -0.360 e. The van der Waals surface area contributed by atoms with Crippen LogP contribution in [0.15, 0.2) is 52.4 Å². The van der Waals surface area contributed by atoms with Crippen molar-refractivity contribution in [1.29, 1.82) is 0 Å². The summed E-state index contributed by atoms with van der Waals surface area (Å²) in [7, 11) is -3.93. The first-order chi connectivity index (χ1) is 13.8. The minimum absolute atomic E-state index is 0.0390. The summed E-state index contributed by atoms with van der Waals surface area (Å²) in [6, 6.07) is 6.76. The Kier molecular flexibility index (Phi) is 6.14. The summed E-state index contributed by atoms with van der Waals surface area (Å²) in [5.41, 5.74) is 2.22. The number of aromatic nitrogens is 3. The van der Waals surface area contributed by atoms with Gasteiger partial charge in [-0.1, -0.05) is 29.4 Å². The molecule has 0 aliphatic rings. The molecule has 3 rings (SSSR count). The number of nitrogens with one attached hydrogen (secondary N) is 2. The summed E-state index contributed by atoms with van der Waals surface area (Å²) in [6.07, 6.45) is 5.29. The van der Waals surface area contributed by atoms with E-state index < -0.39 is 22.0 Å². The molecule has 29 heavy (non-hydrogen) atoms. The van der Waals surface area contributed by atoms with Crippen LogP contribution in [0, 0.1) is 13.8 Å². The van der Waals surface area contributed by atoms with E-state index in [0.717, 1.165) is 11.1 Å². The maximum Gasteiger partial charge on any atom is 0.246 e. The fourth-order valence-electron chi connectivity index (χ4n) is 3.00. The molecular weight excluding hydrogens is 394 g/mol. The van der Waals surface area contributed by atoms with E-state index in [4.69, 9.17) is 4.52 Å². The fourth-order valence-corrected chi connectivity index (χ4v) is 4.53. The van der Waals surface area contributed by atoms with Gasteiger partial charge in [-0.2, -0.15) is 4.72 Å². The topological polar surface area (TPSA) is 119 Å². The summed E-state index contributed by atoms with van der Waals surface area (Å²) in [5.74, 6) is -0.256. The van der Waals surface area contributed by atoms with Gasteiger partial charge in [0.2, 0.25) is 15.9 Å². The first-order valence-corrected chi connectivity index (χ1v) is 10.5. The van der Waals surface area contributed by atoms with Crippen LogP contribution in [0.2, 0.25) is 0 Å². The largest absolute Gasteiger partial charge is 0.360 e. The molecule has 0 saturated carbocycles. The number of carbonyl (C=O) groups excluding carboxylic acids is 1. The molecule has 1 atom stereocenters. The molecule has 2 heterocycles. The molecule has 154 valence electrons. The van der Waals surface area contributed by atoms with Crippen LogP contribution in [0.3, 0.4) is 0 Å². The van der Waals surface area contributed by atoms with E-state index in [9.17, 15) is 13.2 Å². The number of hydrogen-bond donors (Lipinski definition) is 2. The predicted octanol–water partition coefficient (Wildman–Crippen LogP) is 1.52. The van der Waals surface area contributed by atoms with Gasteiger partial charge in [-0.15, -0.1) is 0 Å². The molecule has 2 aromatic heterocycles. The van der Waals surface area contributed by atoms with Crippen molar-refractivity contribution in [2.45, 2.75) is 44.8 Å². The van der Waals surface area contributed by atoms with Crippen LogP contribution in [0.25, 0.3) is 0 Å². The lowest BCUT2D eigenvalue weighted by Crippen LogP contribution is -2.44. The highest BCUT2D eigenvalue weighted by atomic mass is 32.2. The summed E-state index contributed by atoms with van der Waals surface area (Å²) < 4.78 is 34.3. The number of hydrogen-bond acceptors (Lipinski definition) is 6. The van der Waals surface area contributed by atoms with Crippen LogP contribution in [-0.2, 0) is 27.9 Å². The van der Waals surface area contributed by atoms with E-state index >= 15 is 0 Å². The number of rotatable bonds is 8. The number of sulfonamides is 1. The van der Waals surface area contributed by atoms with Gasteiger partial charge < -0.3 is 14.4 Å². The maximum absolute atomic E-state index is 12.6. The van der Waals surface area contributed by atoms with Crippen molar-refractivity contribution < 1.29 is 17.7 Å². The third-order valence-electron chi connectivity index (χ3n) is 4.45. The van der Waals surface area contributed by atoms with E-state index in [1.165, 1.54) is 20.8 Å². The normalized spacial score (nSPS) is 12.7. The Morgan fingerprint density at radius 2 is 1.97 bits per heavy atom. The molecule has 1 amide bonds. The zero-order valence-electron chi connectivity index (χ0n) is 16.4. The monoisotopic (exact) mass is 417 g/mol. The van der Waals surface area contributed by atoms with Crippen LogP contribution in [0.1, 0.15) is 29.5 Å². The van der Waals surface area contributed by atoms with Crippen molar-refractivity contribution in [1.82, 2.24) is 24.7 Å². The Morgan fingerprint density at radius 3 is 2.59 bits per heavy atom. The molecule has 0 saturated heterocycles. The molecule has 0 aliphatic carbocycles. The predicted molar refractivity (Wildman–Crippen MR) is 105 cm³/mol. The molecule has 0 spiro atoms. The number of carbonyl (C=O) groups is 1. The smallest absolute Gasteiger partial charge is 0.246 e. The molecule has 0 radical (unpaired) electrons. The summed E-state index contributed by atoms with van der Waals surface area (Å²) >= 11 is 0. The maximum atomic E-state index is 12.6. The van der Waals surface area contributed by atoms with Crippen molar-refractivity contribution >= 4 is 15.9 Å². The highest BCUT2D eigenvalue weighted by molar-refractivity contribution is 7.89. The Morgan fingerprint density at radius 1 is 1.24 bits per heavy atom. The van der Waals surface area contributed by atoms with E-state index in [-0.39, 0.29) is 22.9 Å². The van der Waals surface area contributed by atoms with Crippen molar-refractivity contribution in [3.63, 3.8) is 0 Å². The van der Waals surface area contributed by atoms with Gasteiger partial charge in [-0.05, 0) is 31.9 Å². The molecule has 10 heteroatoms. The second kappa shape index (κ2) is 8.58. The van der Waals surface area contributed by atoms with Crippen molar-refractivity contribution in [2.75, 3.05) is 0 Å². The molecule has 0 bridgehead atoms. The Hall–Kier alpha value is -2.98. The van der Waals surface area contributed by atoms with Crippen LogP contribution in [0.4, 0.5) is 0 Å². The third kappa shape index (κ3) is 4.90. The average Bonchev–Trinajstić information content (AvgIpc) is 3.30. The molecule has 2 N–H and O–H groups in total. The summed E-state index contributed by atoms with van der Waals surface area (Å²) in [5, 5.41) is 6.44. The van der Waals surface area contributed by atoms with Crippen LogP contribution in [-0.4, -0.2) is 35.1 Å². The van der Waals surface area contributed by atoms with E-state index in [1.807, 2.05) is 35.0 Å². The number of imidazole rings is 1. The van der Waals surface area contributed by atoms with Gasteiger partial charge in [-0.3, -0.25) is 4.79 Å². The Balaban J connectivity index is 1.64. The lowest BCUT2D eigenvalue weighted by atomic mass is 10.1. The second-order valence-corrected chi connectivity index (χ2v) is 8.37. The van der Waals surface area contributed by atoms with Crippen LogP contribution in [0.5, 0.6) is 0 Å². The molecule has 0 fully saturated rings. The minimum atomic E-state index is -3.93. The number of benzene rings is 1. The molecule has 0 unspecified atom stereocenters. The number of nitrogens with zero attached hydrogens (tertiary/aromatic N) is 3. The first kappa shape index (κ1) is 20.7. The quantitative estimate of drug-likeness (QED) is 0.574. The van der Waals surface area contributed by atoms with Crippen molar-refractivity contribution in [3.05, 3.63) is 65.6 Å². The first-order valence-electron chi connectivity index (χ1n) is 9.03. The second-order valence-electron chi connectivity index (χ2n) is 6.72. The third-order valence-corrected chi connectivity index (χ3v) is 6.23. The SMILES string of the molecule is Cc1noc(C)c1S(=O)(=O)N[C@@H](C)C(=O)NCc1ccccc1Cn1ccnc1. The zero-order chi connectivity index (χ0) is 21.0. The van der Waals surface area contributed by atoms with Crippen LogP contribution < -0.4 is 10.0 Å². The Bertz CT molecular complexity index is 1070. The van der Waals surface area contributed by atoms with Gasteiger partial charge in [-0.25, -0.2) is 13.4 Å². The molecule has 0 aliphatic heterocycles. The highest BCUT2D eigenvalue weighted by Crippen LogP contribution is 2.19. The lowest BCUT2D eigenvalue weighted by Gasteiger charge is -2.16. The van der Waals surface area contributed by atoms with Crippen molar-refractivity contribution in [2.24, 2.45) is 0 Å². The van der Waals surface area contributed by atoms with Gasteiger partial charge in [0.1, 0.15) is 10.6 Å². The Labute approximate surface area is 169 Å². The number of aryl methyl sites for hydroxylation is 2. The fraction of sp³-hybridized carbons (Fsp3) is 0.316. The van der Waals surface area contributed by atoms with Gasteiger partial charge in [0.15, 0.2) is 5.76 Å². The lowest BCUT2D eigenvalue weighted by molar-refractivity contribution is -0.122. The zero-order valence-corrected chi connectivity index (χ0v) is 17.2. The standard InChI is InChI=1S/C19H23N5O4S/c1-13-18(15(3)28-22-13)29(26,27)23-14(2)19(25)21-10-16-6-4-5-7-17(16)11-24-9-8-20-12-24/h4-9,12,14,23H,10-11H2,1-3H3,(H,21,25)/t14-/m0/s1. The molecular formula is C19H23N5O4S. The van der Waals surface area contributed by atoms with Crippen molar-refractivity contribution in [3.8, 4) is 0 Å². The van der Waals surface area contributed by atoms with E-state index in [0.29, 0.717) is 6.54 Å². The summed E-state index contributed by atoms with van der Waals surface area (Å²) in [4.78, 5) is 16.5.